The van der Waals surface area contributed by atoms with E-state index in [1.54, 1.807) is 0 Å². The standard InChI is InChI=1S/C8H5BrN2O6/c9-4-2-10-3-5(11(15)16)8(4)17-7(14)1-6(12)13/h2-3H,1H2,(H,12,13). The molecule has 9 heteroatoms. The van der Waals surface area contributed by atoms with Crippen LogP contribution < -0.4 is 4.74 Å². The summed E-state index contributed by atoms with van der Waals surface area (Å²) in [6.45, 7) is 0. The molecule has 0 unspecified atom stereocenters. The van der Waals surface area contributed by atoms with Crippen molar-refractivity contribution in [2.45, 2.75) is 6.42 Å². The minimum absolute atomic E-state index is 0.0884. The van der Waals surface area contributed by atoms with Gasteiger partial charge in [-0.2, -0.15) is 0 Å². The number of carboxylic acid groups (broad SMARTS) is 1. The van der Waals surface area contributed by atoms with Crippen LogP contribution in [-0.2, 0) is 9.59 Å². The van der Waals surface area contributed by atoms with Crippen LogP contribution in [0, 0.1) is 10.1 Å². The van der Waals surface area contributed by atoms with E-state index in [0.717, 1.165) is 6.20 Å². The van der Waals surface area contributed by atoms with E-state index in [0.29, 0.717) is 0 Å². The Balaban J connectivity index is 3.01. The summed E-state index contributed by atoms with van der Waals surface area (Å²) >= 11 is 2.92. The molecule has 0 aromatic carbocycles. The average Bonchev–Trinajstić information content (AvgIpc) is 2.19. The first-order valence-corrected chi connectivity index (χ1v) is 4.91. The van der Waals surface area contributed by atoms with E-state index in [4.69, 9.17) is 5.11 Å². The highest BCUT2D eigenvalue weighted by Crippen LogP contribution is 2.33. The molecule has 0 spiro atoms. The van der Waals surface area contributed by atoms with Crippen molar-refractivity contribution in [2.75, 3.05) is 0 Å². The van der Waals surface area contributed by atoms with Crippen LogP contribution in [0.1, 0.15) is 6.42 Å². The zero-order chi connectivity index (χ0) is 13.0. The third kappa shape index (κ3) is 3.48. The Hall–Kier alpha value is -2.03. The number of pyridine rings is 1. The highest BCUT2D eigenvalue weighted by molar-refractivity contribution is 9.10. The third-order valence-corrected chi connectivity index (χ3v) is 2.11. The highest BCUT2D eigenvalue weighted by atomic mass is 79.9. The number of hydrogen-bond donors (Lipinski definition) is 1. The summed E-state index contributed by atoms with van der Waals surface area (Å²) in [6.07, 6.45) is 1.20. The highest BCUT2D eigenvalue weighted by Gasteiger charge is 2.22. The molecule has 0 aliphatic heterocycles. The van der Waals surface area contributed by atoms with Crippen LogP contribution in [-0.4, -0.2) is 27.0 Å². The number of carbonyl (C=O) groups excluding carboxylic acids is 1. The summed E-state index contributed by atoms with van der Waals surface area (Å²) in [5.74, 6) is -2.86. The van der Waals surface area contributed by atoms with Gasteiger partial charge in [0.2, 0.25) is 5.75 Å². The number of nitrogens with zero attached hydrogens (tertiary/aromatic N) is 2. The van der Waals surface area contributed by atoms with Gasteiger partial charge in [0.05, 0.1) is 9.40 Å². The number of rotatable bonds is 4. The van der Waals surface area contributed by atoms with Crippen molar-refractivity contribution in [3.63, 3.8) is 0 Å². The van der Waals surface area contributed by atoms with E-state index in [9.17, 15) is 19.7 Å². The molecule has 0 saturated carbocycles. The molecular formula is C8H5BrN2O6. The smallest absolute Gasteiger partial charge is 0.330 e. The summed E-state index contributed by atoms with van der Waals surface area (Å²) in [5.41, 5.74) is -0.530. The van der Waals surface area contributed by atoms with Gasteiger partial charge >= 0.3 is 17.6 Å². The van der Waals surface area contributed by atoms with Gasteiger partial charge in [-0.15, -0.1) is 0 Å². The van der Waals surface area contributed by atoms with E-state index in [-0.39, 0.29) is 10.2 Å². The van der Waals surface area contributed by atoms with E-state index >= 15 is 0 Å². The van der Waals surface area contributed by atoms with Crippen molar-refractivity contribution >= 4 is 33.6 Å². The number of aliphatic carboxylic acids is 1. The normalized spacial score (nSPS) is 9.71. The van der Waals surface area contributed by atoms with Gasteiger partial charge in [0.1, 0.15) is 12.6 Å². The summed E-state index contributed by atoms with van der Waals surface area (Å²) < 4.78 is 4.69. The molecule has 0 bridgehead atoms. The number of ether oxygens (including phenoxy) is 1. The fourth-order valence-corrected chi connectivity index (χ4v) is 1.32. The van der Waals surface area contributed by atoms with Gasteiger partial charge in [0.25, 0.3) is 0 Å². The Morgan fingerprint density at radius 3 is 2.71 bits per heavy atom. The zero-order valence-electron chi connectivity index (χ0n) is 8.12. The second-order valence-electron chi connectivity index (χ2n) is 2.77. The maximum Gasteiger partial charge on any atom is 0.330 e. The molecule has 17 heavy (non-hydrogen) atoms. The quantitative estimate of drug-likeness (QED) is 0.383. The van der Waals surface area contributed by atoms with E-state index in [1.165, 1.54) is 6.20 Å². The third-order valence-electron chi connectivity index (χ3n) is 1.54. The molecule has 8 nitrogen and oxygen atoms in total. The lowest BCUT2D eigenvalue weighted by atomic mass is 10.4. The number of carbonyl (C=O) groups is 2. The maximum absolute atomic E-state index is 11.1. The fourth-order valence-electron chi connectivity index (χ4n) is 0.917. The first-order valence-electron chi connectivity index (χ1n) is 4.12. The van der Waals surface area contributed by atoms with Gasteiger partial charge in [-0.05, 0) is 15.9 Å². The summed E-state index contributed by atoms with van der Waals surface area (Å²) in [4.78, 5) is 34.7. The molecule has 1 aromatic rings. The molecule has 1 N–H and O–H groups in total. The molecule has 0 amide bonds. The maximum atomic E-state index is 11.1. The van der Waals surface area contributed by atoms with Crippen LogP contribution in [0.25, 0.3) is 0 Å². The van der Waals surface area contributed by atoms with E-state index in [1.807, 2.05) is 0 Å². The SMILES string of the molecule is O=C(O)CC(=O)Oc1c(Br)cncc1[N+](=O)[O-]. The molecule has 0 fully saturated rings. The molecule has 0 atom stereocenters. The molecule has 0 aliphatic carbocycles. The molecular weight excluding hydrogens is 300 g/mol. The van der Waals surface area contributed by atoms with Crippen LogP contribution in [0.3, 0.4) is 0 Å². The summed E-state index contributed by atoms with van der Waals surface area (Å²) in [7, 11) is 0. The Bertz CT molecular complexity index is 489. The summed E-state index contributed by atoms with van der Waals surface area (Å²) in [6, 6.07) is 0. The Labute approximate surface area is 102 Å². The lowest BCUT2D eigenvalue weighted by Gasteiger charge is -2.04. The van der Waals surface area contributed by atoms with Crippen LogP contribution in [0.5, 0.6) is 5.75 Å². The number of halogens is 1. The number of nitro groups is 1. The van der Waals surface area contributed by atoms with Crippen molar-refractivity contribution in [1.29, 1.82) is 0 Å². The number of hydrogen-bond acceptors (Lipinski definition) is 6. The van der Waals surface area contributed by atoms with E-state index < -0.39 is 29.0 Å². The van der Waals surface area contributed by atoms with Crippen LogP contribution in [0.15, 0.2) is 16.9 Å². The molecule has 0 aliphatic rings. The molecule has 1 rings (SSSR count). The summed E-state index contributed by atoms with van der Waals surface area (Å²) in [5, 5.41) is 19.0. The number of carboxylic acids is 1. The Morgan fingerprint density at radius 2 is 2.18 bits per heavy atom. The predicted molar refractivity (Wildman–Crippen MR) is 56.5 cm³/mol. The molecule has 0 radical (unpaired) electrons. The molecule has 90 valence electrons. The average molecular weight is 305 g/mol. The second kappa shape index (κ2) is 5.34. The van der Waals surface area contributed by atoms with Crippen molar-refractivity contribution in [3.8, 4) is 5.75 Å². The molecule has 1 aromatic heterocycles. The lowest BCUT2D eigenvalue weighted by Crippen LogP contribution is -2.14. The predicted octanol–water partition coefficient (Wildman–Crippen LogP) is 1.13. The minimum Gasteiger partial charge on any atom is -0.481 e. The first kappa shape index (κ1) is 13.0. The topological polar surface area (TPSA) is 120 Å². The Kier molecular flexibility index (Phi) is 4.10. The first-order chi connectivity index (χ1) is 7.91. The van der Waals surface area contributed by atoms with Gasteiger partial charge in [-0.1, -0.05) is 0 Å². The number of aromatic nitrogens is 1. The fraction of sp³-hybridized carbons (Fsp3) is 0.125. The Morgan fingerprint density at radius 1 is 1.53 bits per heavy atom. The number of esters is 1. The second-order valence-corrected chi connectivity index (χ2v) is 3.63. The van der Waals surface area contributed by atoms with Crippen LogP contribution in [0.4, 0.5) is 5.69 Å². The van der Waals surface area contributed by atoms with Crippen molar-refractivity contribution in [1.82, 2.24) is 4.98 Å². The molecule has 0 saturated heterocycles. The van der Waals surface area contributed by atoms with E-state index in [2.05, 4.69) is 25.7 Å². The van der Waals surface area contributed by atoms with Crippen LogP contribution >= 0.6 is 15.9 Å². The molecule has 1 heterocycles. The van der Waals surface area contributed by atoms with Crippen molar-refractivity contribution < 1.29 is 24.4 Å². The van der Waals surface area contributed by atoms with Gasteiger partial charge < -0.3 is 9.84 Å². The van der Waals surface area contributed by atoms with Gasteiger partial charge in [-0.3, -0.25) is 24.7 Å². The minimum atomic E-state index is -1.39. The van der Waals surface area contributed by atoms with Gasteiger partial charge in [0.15, 0.2) is 0 Å². The van der Waals surface area contributed by atoms with Crippen LogP contribution in [0.2, 0.25) is 0 Å². The zero-order valence-corrected chi connectivity index (χ0v) is 9.71. The monoisotopic (exact) mass is 304 g/mol. The van der Waals surface area contributed by atoms with Gasteiger partial charge in [-0.25, -0.2) is 0 Å². The van der Waals surface area contributed by atoms with Gasteiger partial charge in [0, 0.05) is 6.20 Å². The largest absolute Gasteiger partial charge is 0.481 e. The lowest BCUT2D eigenvalue weighted by molar-refractivity contribution is -0.386. The van der Waals surface area contributed by atoms with Crippen molar-refractivity contribution in [3.05, 3.63) is 27.0 Å². The van der Waals surface area contributed by atoms with Crippen molar-refractivity contribution in [2.24, 2.45) is 0 Å².